The van der Waals surface area contributed by atoms with E-state index < -0.39 is 0 Å². The highest BCUT2D eigenvalue weighted by Crippen LogP contribution is 2.09. The second kappa shape index (κ2) is 9.97. The highest BCUT2D eigenvalue weighted by molar-refractivity contribution is 5.69. The van der Waals surface area contributed by atoms with Crippen molar-refractivity contribution in [3.63, 3.8) is 0 Å². The van der Waals surface area contributed by atoms with Crippen LogP contribution >= 0.6 is 0 Å². The molecular weight excluding hydrogens is 190 g/mol. The van der Waals surface area contributed by atoms with E-state index in [-0.39, 0.29) is 12.0 Å². The summed E-state index contributed by atoms with van der Waals surface area (Å²) in [7, 11) is 1.40. The van der Waals surface area contributed by atoms with Crippen LogP contribution in [0.1, 0.15) is 58.3 Å². The molecule has 0 aliphatic carbocycles. The number of rotatable bonds is 9. The second-order valence-corrected chi connectivity index (χ2v) is 4.10. The molecule has 90 valence electrons. The Balaban J connectivity index is 3.23. The quantitative estimate of drug-likeness (QED) is 0.475. The minimum absolute atomic E-state index is 0.0244. The first-order valence-electron chi connectivity index (χ1n) is 6.03. The Bertz CT molecular complexity index is 160. The molecule has 0 aliphatic rings. The number of esters is 1. The lowest BCUT2D eigenvalue weighted by molar-refractivity contribution is -0.141. The van der Waals surface area contributed by atoms with Crippen LogP contribution < -0.4 is 5.73 Å². The number of hydrogen-bond acceptors (Lipinski definition) is 3. The van der Waals surface area contributed by atoms with Gasteiger partial charge in [0.25, 0.3) is 0 Å². The largest absolute Gasteiger partial charge is 0.469 e. The minimum Gasteiger partial charge on any atom is -0.469 e. The number of methoxy groups -OCH3 is 1. The average molecular weight is 215 g/mol. The van der Waals surface area contributed by atoms with Crippen LogP contribution in [-0.2, 0) is 9.53 Å². The fourth-order valence-corrected chi connectivity index (χ4v) is 1.59. The molecule has 0 fully saturated rings. The molecule has 3 nitrogen and oxygen atoms in total. The van der Waals surface area contributed by atoms with Gasteiger partial charge in [-0.1, -0.05) is 45.4 Å². The van der Waals surface area contributed by atoms with Crippen LogP contribution in [0.4, 0.5) is 0 Å². The zero-order chi connectivity index (χ0) is 11.5. The molecule has 0 bridgehead atoms. The molecule has 0 spiro atoms. The van der Waals surface area contributed by atoms with Gasteiger partial charge in [0, 0.05) is 6.04 Å². The lowest BCUT2D eigenvalue weighted by atomic mass is 10.0. The van der Waals surface area contributed by atoms with E-state index >= 15 is 0 Å². The van der Waals surface area contributed by atoms with Crippen LogP contribution in [-0.4, -0.2) is 19.1 Å². The van der Waals surface area contributed by atoms with E-state index in [2.05, 4.69) is 11.7 Å². The van der Waals surface area contributed by atoms with Crippen molar-refractivity contribution in [2.45, 2.75) is 64.3 Å². The third-order valence-corrected chi connectivity index (χ3v) is 2.58. The maximum atomic E-state index is 10.9. The van der Waals surface area contributed by atoms with Crippen molar-refractivity contribution in [2.24, 2.45) is 5.73 Å². The third kappa shape index (κ3) is 9.73. The maximum Gasteiger partial charge on any atom is 0.307 e. The molecule has 0 aliphatic heterocycles. The van der Waals surface area contributed by atoms with Gasteiger partial charge in [-0.25, -0.2) is 0 Å². The van der Waals surface area contributed by atoms with E-state index in [0.29, 0.717) is 6.42 Å². The van der Waals surface area contributed by atoms with E-state index in [1.807, 2.05) is 0 Å². The highest BCUT2D eigenvalue weighted by Gasteiger charge is 2.08. The summed E-state index contributed by atoms with van der Waals surface area (Å²) < 4.78 is 4.56. The van der Waals surface area contributed by atoms with Gasteiger partial charge in [-0.15, -0.1) is 0 Å². The molecule has 0 amide bonds. The topological polar surface area (TPSA) is 52.3 Å². The molecule has 0 saturated carbocycles. The van der Waals surface area contributed by atoms with Crippen molar-refractivity contribution in [1.82, 2.24) is 0 Å². The molecule has 0 unspecified atom stereocenters. The number of hydrogen-bond donors (Lipinski definition) is 1. The van der Waals surface area contributed by atoms with Gasteiger partial charge >= 0.3 is 5.97 Å². The smallest absolute Gasteiger partial charge is 0.307 e. The Morgan fingerprint density at radius 2 is 1.80 bits per heavy atom. The Kier molecular flexibility index (Phi) is 9.59. The van der Waals surface area contributed by atoms with E-state index in [1.54, 1.807) is 0 Å². The number of carbonyl (C=O) groups excluding carboxylic acids is 1. The van der Waals surface area contributed by atoms with Gasteiger partial charge in [0.2, 0.25) is 0 Å². The summed E-state index contributed by atoms with van der Waals surface area (Å²) in [4.78, 5) is 10.9. The van der Waals surface area contributed by atoms with Gasteiger partial charge in [-0.2, -0.15) is 0 Å². The van der Waals surface area contributed by atoms with Gasteiger partial charge in [0.05, 0.1) is 13.5 Å². The summed E-state index contributed by atoms with van der Waals surface area (Å²) in [5.41, 5.74) is 5.79. The van der Waals surface area contributed by atoms with Crippen LogP contribution in [0.2, 0.25) is 0 Å². The fraction of sp³-hybridized carbons (Fsp3) is 0.917. The first-order valence-corrected chi connectivity index (χ1v) is 6.03. The van der Waals surface area contributed by atoms with Crippen LogP contribution in [0.5, 0.6) is 0 Å². The summed E-state index contributed by atoms with van der Waals surface area (Å²) in [6.07, 6.45) is 8.86. The Morgan fingerprint density at radius 3 is 2.40 bits per heavy atom. The van der Waals surface area contributed by atoms with Crippen LogP contribution in [0.3, 0.4) is 0 Å². The third-order valence-electron chi connectivity index (χ3n) is 2.58. The van der Waals surface area contributed by atoms with Gasteiger partial charge < -0.3 is 10.5 Å². The average Bonchev–Trinajstić information content (AvgIpc) is 2.23. The minimum atomic E-state index is -0.200. The molecule has 0 rings (SSSR count). The lowest BCUT2D eigenvalue weighted by Crippen LogP contribution is -2.24. The molecule has 0 saturated heterocycles. The molecule has 15 heavy (non-hydrogen) atoms. The second-order valence-electron chi connectivity index (χ2n) is 4.10. The summed E-state index contributed by atoms with van der Waals surface area (Å²) in [6.45, 7) is 2.21. The molecule has 2 N–H and O–H groups in total. The molecule has 3 heteroatoms. The normalized spacial score (nSPS) is 12.5. The molecule has 0 radical (unpaired) electrons. The Hall–Kier alpha value is -0.570. The SMILES string of the molecule is CCCCCCCC[C@@H](N)CC(=O)OC. The Morgan fingerprint density at radius 1 is 1.20 bits per heavy atom. The number of ether oxygens (including phenoxy) is 1. The molecule has 1 atom stereocenters. The predicted octanol–water partition coefficient (Wildman–Crippen LogP) is 2.63. The lowest BCUT2D eigenvalue weighted by Gasteiger charge is -2.09. The van der Waals surface area contributed by atoms with Crippen LogP contribution in [0.25, 0.3) is 0 Å². The van der Waals surface area contributed by atoms with Gasteiger partial charge in [0.1, 0.15) is 0 Å². The number of carbonyl (C=O) groups is 1. The molecule has 0 aromatic carbocycles. The standard InChI is InChI=1S/C12H25NO2/c1-3-4-5-6-7-8-9-11(13)10-12(14)15-2/h11H,3-10,13H2,1-2H3/t11-/m1/s1. The zero-order valence-corrected chi connectivity index (χ0v) is 10.1. The van der Waals surface area contributed by atoms with Gasteiger partial charge in [0.15, 0.2) is 0 Å². The van der Waals surface area contributed by atoms with Gasteiger partial charge in [-0.3, -0.25) is 4.79 Å². The van der Waals surface area contributed by atoms with Crippen molar-refractivity contribution in [1.29, 1.82) is 0 Å². The van der Waals surface area contributed by atoms with Crippen molar-refractivity contribution >= 4 is 5.97 Å². The summed E-state index contributed by atoms with van der Waals surface area (Å²) in [6, 6.07) is -0.0244. The first-order chi connectivity index (χ1) is 7.20. The molecule has 0 aromatic heterocycles. The molecular formula is C12H25NO2. The van der Waals surface area contributed by atoms with E-state index in [0.717, 1.165) is 12.8 Å². The van der Waals surface area contributed by atoms with Crippen molar-refractivity contribution in [2.75, 3.05) is 7.11 Å². The molecule has 0 heterocycles. The zero-order valence-electron chi connectivity index (χ0n) is 10.1. The van der Waals surface area contributed by atoms with E-state index in [4.69, 9.17) is 5.73 Å². The van der Waals surface area contributed by atoms with Crippen molar-refractivity contribution < 1.29 is 9.53 Å². The number of nitrogens with two attached hydrogens (primary N) is 1. The fourth-order valence-electron chi connectivity index (χ4n) is 1.59. The Labute approximate surface area is 93.4 Å². The monoisotopic (exact) mass is 215 g/mol. The summed E-state index contributed by atoms with van der Waals surface area (Å²) in [5, 5.41) is 0. The predicted molar refractivity (Wildman–Crippen MR) is 62.6 cm³/mol. The van der Waals surface area contributed by atoms with Crippen molar-refractivity contribution in [3.05, 3.63) is 0 Å². The highest BCUT2D eigenvalue weighted by atomic mass is 16.5. The maximum absolute atomic E-state index is 10.9. The summed E-state index contributed by atoms with van der Waals surface area (Å²) >= 11 is 0. The van der Waals surface area contributed by atoms with Crippen LogP contribution in [0, 0.1) is 0 Å². The van der Waals surface area contributed by atoms with E-state index in [1.165, 1.54) is 39.2 Å². The summed E-state index contributed by atoms with van der Waals surface area (Å²) in [5.74, 6) is -0.200. The van der Waals surface area contributed by atoms with E-state index in [9.17, 15) is 4.79 Å². The molecule has 0 aromatic rings. The van der Waals surface area contributed by atoms with Crippen molar-refractivity contribution in [3.8, 4) is 0 Å². The number of unbranched alkanes of at least 4 members (excludes halogenated alkanes) is 5. The van der Waals surface area contributed by atoms with Gasteiger partial charge in [-0.05, 0) is 6.42 Å². The van der Waals surface area contributed by atoms with Crippen LogP contribution in [0.15, 0.2) is 0 Å². The first kappa shape index (κ1) is 14.4.